The number of ketones is 1. The van der Waals surface area contributed by atoms with E-state index in [0.717, 1.165) is 36.5 Å². The Balaban J connectivity index is 1.81. The fourth-order valence-corrected chi connectivity index (χ4v) is 3.54. The van der Waals surface area contributed by atoms with Gasteiger partial charge < -0.3 is 14.2 Å². The number of hydrogen-bond acceptors (Lipinski definition) is 5. The van der Waals surface area contributed by atoms with E-state index in [2.05, 4.69) is 4.90 Å². The molecule has 3 rings (SSSR count). The zero-order valence-corrected chi connectivity index (χ0v) is 16.7. The normalized spacial score (nSPS) is 14.4. The second kappa shape index (κ2) is 9.42. The van der Waals surface area contributed by atoms with Crippen molar-refractivity contribution in [3.05, 3.63) is 59.2 Å². The summed E-state index contributed by atoms with van der Waals surface area (Å²) < 4.78 is 16.2. The second-order valence-corrected chi connectivity index (χ2v) is 6.79. The van der Waals surface area contributed by atoms with E-state index in [4.69, 9.17) is 14.2 Å². The molecule has 5 nitrogen and oxygen atoms in total. The van der Waals surface area contributed by atoms with Crippen LogP contribution in [-0.2, 0) is 6.54 Å². The lowest BCUT2D eigenvalue weighted by Gasteiger charge is -2.17. The van der Waals surface area contributed by atoms with Crippen molar-refractivity contribution in [1.82, 2.24) is 4.90 Å². The van der Waals surface area contributed by atoms with Gasteiger partial charge in [-0.2, -0.15) is 0 Å². The molecule has 0 spiro atoms. The molecule has 0 N–H and O–H groups in total. The Kier molecular flexibility index (Phi) is 6.71. The van der Waals surface area contributed by atoms with Gasteiger partial charge in [-0.1, -0.05) is 12.1 Å². The van der Waals surface area contributed by atoms with Crippen molar-refractivity contribution in [3.63, 3.8) is 0 Å². The fourth-order valence-electron chi connectivity index (χ4n) is 3.54. The Bertz CT molecular complexity index is 854. The maximum absolute atomic E-state index is 12.7. The van der Waals surface area contributed by atoms with Crippen LogP contribution in [0.1, 0.15) is 34.3 Å². The topological polar surface area (TPSA) is 48.0 Å². The van der Waals surface area contributed by atoms with Crippen LogP contribution in [0.2, 0.25) is 0 Å². The second-order valence-electron chi connectivity index (χ2n) is 6.79. The summed E-state index contributed by atoms with van der Waals surface area (Å²) in [5.41, 5.74) is 2.48. The van der Waals surface area contributed by atoms with Gasteiger partial charge in [0, 0.05) is 23.2 Å². The minimum absolute atomic E-state index is 0.0600. The first-order chi connectivity index (χ1) is 13.7. The third kappa shape index (κ3) is 4.54. The minimum atomic E-state index is -0.0600. The number of likely N-dealkylation sites (tertiary alicyclic amines) is 1. The largest absolute Gasteiger partial charge is 0.496 e. The molecule has 1 heterocycles. The standard InChI is InChI=1S/C23H27NO4/c1-26-21-12-10-18(15-19(21)16-24-13-4-5-14-24)20(25)11-9-17-7-6-8-22(27-2)23(17)28-3/h6-12,15H,4-5,13-14,16H2,1-3H3/b11-9+. The molecule has 0 unspecified atom stereocenters. The molecule has 0 amide bonds. The van der Waals surface area contributed by atoms with E-state index in [1.165, 1.54) is 12.8 Å². The van der Waals surface area contributed by atoms with E-state index in [1.54, 1.807) is 33.5 Å². The van der Waals surface area contributed by atoms with Crippen LogP contribution in [0.3, 0.4) is 0 Å². The molecule has 0 aliphatic carbocycles. The highest BCUT2D eigenvalue weighted by molar-refractivity contribution is 6.07. The molecule has 1 aliphatic heterocycles. The molecule has 28 heavy (non-hydrogen) atoms. The van der Waals surface area contributed by atoms with E-state index in [-0.39, 0.29) is 5.78 Å². The number of rotatable bonds is 8. The summed E-state index contributed by atoms with van der Waals surface area (Å²) in [4.78, 5) is 15.1. The predicted octanol–water partition coefficient (Wildman–Crippen LogP) is 4.20. The summed E-state index contributed by atoms with van der Waals surface area (Å²) in [5.74, 6) is 2.00. The van der Waals surface area contributed by atoms with Crippen molar-refractivity contribution in [3.8, 4) is 17.2 Å². The SMILES string of the molecule is COc1ccc(C(=O)/C=C/c2cccc(OC)c2OC)cc1CN1CCCC1. The third-order valence-corrected chi connectivity index (χ3v) is 5.01. The van der Waals surface area contributed by atoms with Gasteiger partial charge in [-0.05, 0) is 62.3 Å². The Hall–Kier alpha value is -2.79. The van der Waals surface area contributed by atoms with Gasteiger partial charge in [0.05, 0.1) is 21.3 Å². The summed E-state index contributed by atoms with van der Waals surface area (Å²) in [6, 6.07) is 11.2. The Labute approximate surface area is 166 Å². The zero-order chi connectivity index (χ0) is 19.9. The number of allylic oxidation sites excluding steroid dienone is 1. The van der Waals surface area contributed by atoms with Crippen molar-refractivity contribution in [1.29, 1.82) is 0 Å². The van der Waals surface area contributed by atoms with Crippen LogP contribution in [0.15, 0.2) is 42.5 Å². The van der Waals surface area contributed by atoms with Crippen LogP contribution in [0.25, 0.3) is 6.08 Å². The number of methoxy groups -OCH3 is 3. The number of carbonyl (C=O) groups excluding carboxylic acids is 1. The maximum atomic E-state index is 12.7. The molecule has 0 atom stereocenters. The molecule has 148 valence electrons. The molecule has 2 aromatic rings. The van der Waals surface area contributed by atoms with E-state index >= 15 is 0 Å². The number of para-hydroxylation sites is 1. The van der Waals surface area contributed by atoms with Crippen molar-refractivity contribution in [2.24, 2.45) is 0 Å². The van der Waals surface area contributed by atoms with E-state index in [1.807, 2.05) is 36.4 Å². The molecule has 0 aromatic heterocycles. The molecule has 2 aromatic carbocycles. The molecule has 0 radical (unpaired) electrons. The average Bonchev–Trinajstić information content (AvgIpc) is 3.24. The number of ether oxygens (including phenoxy) is 3. The van der Waals surface area contributed by atoms with Crippen LogP contribution in [-0.4, -0.2) is 45.1 Å². The first-order valence-electron chi connectivity index (χ1n) is 9.49. The number of benzene rings is 2. The molecule has 1 aliphatic rings. The van der Waals surface area contributed by atoms with Crippen molar-refractivity contribution in [2.45, 2.75) is 19.4 Å². The van der Waals surface area contributed by atoms with Gasteiger partial charge in [0.25, 0.3) is 0 Å². The molecule has 0 bridgehead atoms. The molecule has 0 saturated carbocycles. The zero-order valence-electron chi connectivity index (χ0n) is 16.7. The average molecular weight is 381 g/mol. The van der Waals surface area contributed by atoms with Crippen LogP contribution < -0.4 is 14.2 Å². The van der Waals surface area contributed by atoms with Crippen LogP contribution in [0, 0.1) is 0 Å². The highest BCUT2D eigenvalue weighted by atomic mass is 16.5. The Morgan fingerprint density at radius 3 is 2.43 bits per heavy atom. The van der Waals surface area contributed by atoms with Gasteiger partial charge in [-0.15, -0.1) is 0 Å². The van der Waals surface area contributed by atoms with Gasteiger partial charge in [0.1, 0.15) is 5.75 Å². The minimum Gasteiger partial charge on any atom is -0.496 e. The number of hydrogen-bond donors (Lipinski definition) is 0. The van der Waals surface area contributed by atoms with Crippen molar-refractivity contribution in [2.75, 3.05) is 34.4 Å². The van der Waals surface area contributed by atoms with Gasteiger partial charge in [0.15, 0.2) is 17.3 Å². The predicted molar refractivity (Wildman–Crippen MR) is 110 cm³/mol. The van der Waals surface area contributed by atoms with E-state index in [0.29, 0.717) is 17.1 Å². The van der Waals surface area contributed by atoms with Gasteiger partial charge in [-0.25, -0.2) is 0 Å². The van der Waals surface area contributed by atoms with Crippen molar-refractivity contribution < 1.29 is 19.0 Å². The quantitative estimate of drug-likeness (QED) is 0.506. The first kappa shape index (κ1) is 20.0. The van der Waals surface area contributed by atoms with Crippen molar-refractivity contribution >= 4 is 11.9 Å². The van der Waals surface area contributed by atoms with E-state index < -0.39 is 0 Å². The van der Waals surface area contributed by atoms with Crippen LogP contribution >= 0.6 is 0 Å². The van der Waals surface area contributed by atoms with Crippen LogP contribution in [0.4, 0.5) is 0 Å². The third-order valence-electron chi connectivity index (χ3n) is 5.01. The van der Waals surface area contributed by atoms with Gasteiger partial charge in [-0.3, -0.25) is 9.69 Å². The molecule has 1 saturated heterocycles. The van der Waals surface area contributed by atoms with Gasteiger partial charge in [0.2, 0.25) is 0 Å². The first-order valence-corrected chi connectivity index (χ1v) is 9.49. The molecule has 5 heteroatoms. The Morgan fingerprint density at radius 2 is 1.75 bits per heavy atom. The highest BCUT2D eigenvalue weighted by Crippen LogP contribution is 2.31. The number of carbonyl (C=O) groups is 1. The molecule has 1 fully saturated rings. The Morgan fingerprint density at radius 1 is 1.00 bits per heavy atom. The summed E-state index contributed by atoms with van der Waals surface area (Å²) in [7, 11) is 4.85. The summed E-state index contributed by atoms with van der Waals surface area (Å²) >= 11 is 0. The lowest BCUT2D eigenvalue weighted by Crippen LogP contribution is -2.19. The highest BCUT2D eigenvalue weighted by Gasteiger charge is 2.16. The van der Waals surface area contributed by atoms with Gasteiger partial charge >= 0.3 is 0 Å². The monoisotopic (exact) mass is 381 g/mol. The summed E-state index contributed by atoms with van der Waals surface area (Å²) in [6.45, 7) is 2.99. The maximum Gasteiger partial charge on any atom is 0.185 e. The lowest BCUT2D eigenvalue weighted by atomic mass is 10.0. The smallest absolute Gasteiger partial charge is 0.185 e. The number of nitrogens with zero attached hydrogens (tertiary/aromatic N) is 1. The lowest BCUT2D eigenvalue weighted by molar-refractivity contribution is 0.104. The molecular weight excluding hydrogens is 354 g/mol. The fraction of sp³-hybridized carbons (Fsp3) is 0.348. The summed E-state index contributed by atoms with van der Waals surface area (Å²) in [5, 5.41) is 0. The van der Waals surface area contributed by atoms with Crippen LogP contribution in [0.5, 0.6) is 17.2 Å². The van der Waals surface area contributed by atoms with E-state index in [9.17, 15) is 4.79 Å². The molecular formula is C23H27NO4. The summed E-state index contributed by atoms with van der Waals surface area (Å²) in [6.07, 6.45) is 5.78.